The molecule has 70 valence electrons. The molecule has 0 unspecified atom stereocenters. The molecular weight excluding hydrogens is 154 g/mol. The Morgan fingerprint density at radius 3 is 2.83 bits per heavy atom. The molecule has 0 aromatic heterocycles. The molecule has 0 radical (unpaired) electrons. The van der Waals surface area contributed by atoms with Crippen molar-refractivity contribution < 1.29 is 9.90 Å². The molecule has 0 saturated carbocycles. The number of aliphatic carboxylic acids is 1. The van der Waals surface area contributed by atoms with Crippen molar-refractivity contribution in [2.24, 2.45) is 0 Å². The van der Waals surface area contributed by atoms with Crippen LogP contribution in [0.15, 0.2) is 0 Å². The van der Waals surface area contributed by atoms with Crippen molar-refractivity contribution in [1.29, 1.82) is 0 Å². The van der Waals surface area contributed by atoms with Crippen LogP contribution < -0.4 is 0 Å². The average molecular weight is 171 g/mol. The van der Waals surface area contributed by atoms with Crippen LogP contribution in [0.4, 0.5) is 0 Å². The summed E-state index contributed by atoms with van der Waals surface area (Å²) in [5, 5.41) is 9.03. The van der Waals surface area contributed by atoms with Crippen molar-refractivity contribution >= 4 is 5.97 Å². The van der Waals surface area contributed by atoms with E-state index in [9.17, 15) is 4.79 Å². The molecule has 1 aliphatic rings. The summed E-state index contributed by atoms with van der Waals surface area (Å²) in [6, 6.07) is 0. The number of carboxylic acid groups (broad SMARTS) is 1. The molecule has 3 heteroatoms. The van der Waals surface area contributed by atoms with Crippen LogP contribution in [0.25, 0.3) is 0 Å². The third-order valence-electron chi connectivity index (χ3n) is 2.74. The second kappa shape index (κ2) is 3.44. The summed E-state index contributed by atoms with van der Waals surface area (Å²) < 4.78 is 0. The first kappa shape index (κ1) is 9.52. The molecule has 1 atom stereocenters. The van der Waals surface area contributed by atoms with Crippen molar-refractivity contribution in [3.8, 4) is 0 Å². The van der Waals surface area contributed by atoms with Crippen LogP contribution in [0.1, 0.15) is 33.1 Å². The van der Waals surface area contributed by atoms with Crippen LogP contribution in [0, 0.1) is 0 Å². The predicted octanol–water partition coefficient (Wildman–Crippen LogP) is 1.34. The fourth-order valence-corrected chi connectivity index (χ4v) is 1.89. The zero-order chi connectivity index (χ0) is 9.19. The summed E-state index contributed by atoms with van der Waals surface area (Å²) in [7, 11) is 0. The number of nitrogens with zero attached hydrogens (tertiary/aromatic N) is 1. The summed E-state index contributed by atoms with van der Waals surface area (Å²) in [6.45, 7) is 5.76. The fraction of sp³-hybridized carbons (Fsp3) is 0.889. The van der Waals surface area contributed by atoms with Crippen LogP contribution in [0.2, 0.25) is 0 Å². The number of rotatable bonds is 3. The number of likely N-dealkylation sites (tertiary alicyclic amines) is 1. The molecule has 1 aliphatic heterocycles. The van der Waals surface area contributed by atoms with Gasteiger partial charge in [0.25, 0.3) is 0 Å². The van der Waals surface area contributed by atoms with E-state index in [1.54, 1.807) is 0 Å². The van der Waals surface area contributed by atoms with Crippen LogP contribution in [-0.2, 0) is 4.79 Å². The molecule has 0 bridgehead atoms. The topological polar surface area (TPSA) is 40.5 Å². The van der Waals surface area contributed by atoms with Crippen LogP contribution >= 0.6 is 0 Å². The second-order valence-electron chi connectivity index (χ2n) is 3.67. The Bertz CT molecular complexity index is 181. The van der Waals surface area contributed by atoms with Crippen molar-refractivity contribution in [3.63, 3.8) is 0 Å². The van der Waals surface area contributed by atoms with Gasteiger partial charge in [-0.2, -0.15) is 0 Å². The van der Waals surface area contributed by atoms with E-state index >= 15 is 0 Å². The van der Waals surface area contributed by atoms with Gasteiger partial charge in [0.15, 0.2) is 0 Å². The van der Waals surface area contributed by atoms with E-state index < -0.39 is 11.5 Å². The van der Waals surface area contributed by atoms with E-state index in [1.165, 1.54) is 0 Å². The Labute approximate surface area is 73.4 Å². The molecule has 1 N–H and O–H groups in total. The molecule has 0 spiro atoms. The average Bonchev–Trinajstić information content (AvgIpc) is 2.35. The maximum atomic E-state index is 11.0. The van der Waals surface area contributed by atoms with Crippen LogP contribution in [-0.4, -0.2) is 34.6 Å². The first-order valence-electron chi connectivity index (χ1n) is 4.59. The van der Waals surface area contributed by atoms with Gasteiger partial charge in [-0.25, -0.2) is 0 Å². The van der Waals surface area contributed by atoms with Crippen molar-refractivity contribution in [2.45, 2.75) is 38.6 Å². The minimum Gasteiger partial charge on any atom is -0.480 e. The maximum absolute atomic E-state index is 11.0. The Balaban J connectivity index is 2.67. The molecule has 1 fully saturated rings. The van der Waals surface area contributed by atoms with Gasteiger partial charge in [0.05, 0.1) is 0 Å². The minimum atomic E-state index is -0.673. The van der Waals surface area contributed by atoms with E-state index in [2.05, 4.69) is 11.8 Å². The van der Waals surface area contributed by atoms with Gasteiger partial charge < -0.3 is 5.11 Å². The van der Waals surface area contributed by atoms with Gasteiger partial charge in [0.1, 0.15) is 5.54 Å². The number of carboxylic acids is 1. The fourth-order valence-electron chi connectivity index (χ4n) is 1.89. The molecular formula is C9H17NO2. The normalized spacial score (nSPS) is 30.8. The molecule has 1 heterocycles. The molecule has 1 saturated heterocycles. The first-order chi connectivity index (χ1) is 5.61. The van der Waals surface area contributed by atoms with E-state index in [-0.39, 0.29) is 0 Å². The highest BCUT2D eigenvalue weighted by molar-refractivity contribution is 5.78. The smallest absolute Gasteiger partial charge is 0.323 e. The summed E-state index contributed by atoms with van der Waals surface area (Å²) in [6.07, 6.45) is 2.84. The largest absolute Gasteiger partial charge is 0.480 e. The molecule has 0 aliphatic carbocycles. The van der Waals surface area contributed by atoms with Crippen molar-refractivity contribution in [2.75, 3.05) is 13.1 Å². The van der Waals surface area contributed by atoms with Crippen molar-refractivity contribution in [3.05, 3.63) is 0 Å². The van der Waals surface area contributed by atoms with E-state index in [0.717, 1.165) is 32.4 Å². The van der Waals surface area contributed by atoms with E-state index in [1.807, 2.05) is 6.92 Å². The molecule has 1 rings (SSSR count). The highest BCUT2D eigenvalue weighted by Gasteiger charge is 2.42. The Kier molecular flexibility index (Phi) is 2.73. The van der Waals surface area contributed by atoms with Crippen LogP contribution in [0.3, 0.4) is 0 Å². The summed E-state index contributed by atoms with van der Waals surface area (Å²) in [5.41, 5.74) is -0.587. The second-order valence-corrected chi connectivity index (χ2v) is 3.67. The zero-order valence-corrected chi connectivity index (χ0v) is 7.84. The Morgan fingerprint density at radius 1 is 1.67 bits per heavy atom. The summed E-state index contributed by atoms with van der Waals surface area (Å²) in [4.78, 5) is 13.0. The molecule has 0 aromatic rings. The highest BCUT2D eigenvalue weighted by atomic mass is 16.4. The number of hydrogen-bond acceptors (Lipinski definition) is 2. The zero-order valence-electron chi connectivity index (χ0n) is 7.84. The highest BCUT2D eigenvalue weighted by Crippen LogP contribution is 2.28. The molecule has 0 aromatic carbocycles. The number of carbonyl (C=O) groups is 1. The third-order valence-corrected chi connectivity index (χ3v) is 2.74. The lowest BCUT2D eigenvalue weighted by Crippen LogP contribution is -2.48. The lowest BCUT2D eigenvalue weighted by Gasteiger charge is -2.30. The van der Waals surface area contributed by atoms with Gasteiger partial charge in [-0.05, 0) is 39.3 Å². The van der Waals surface area contributed by atoms with E-state index in [4.69, 9.17) is 5.11 Å². The maximum Gasteiger partial charge on any atom is 0.323 e. The number of hydrogen-bond donors (Lipinski definition) is 1. The molecule has 12 heavy (non-hydrogen) atoms. The van der Waals surface area contributed by atoms with Gasteiger partial charge in [-0.3, -0.25) is 9.69 Å². The molecule has 0 amide bonds. The Hall–Kier alpha value is -0.570. The first-order valence-corrected chi connectivity index (χ1v) is 4.59. The van der Waals surface area contributed by atoms with Crippen LogP contribution in [0.5, 0.6) is 0 Å². The van der Waals surface area contributed by atoms with Gasteiger partial charge in [-0.1, -0.05) is 6.92 Å². The standard InChI is InChI=1S/C9H17NO2/c1-3-6-10-7-4-5-9(10,2)8(11)12/h3-7H2,1-2H3,(H,11,12)/t9-/m0/s1. The van der Waals surface area contributed by atoms with Gasteiger partial charge in [0, 0.05) is 0 Å². The SMILES string of the molecule is CCCN1CCC[C@@]1(C)C(=O)O. The summed E-state index contributed by atoms with van der Waals surface area (Å²) in [5.74, 6) is -0.673. The lowest BCUT2D eigenvalue weighted by atomic mass is 9.99. The quantitative estimate of drug-likeness (QED) is 0.696. The van der Waals surface area contributed by atoms with Gasteiger partial charge >= 0.3 is 5.97 Å². The monoisotopic (exact) mass is 171 g/mol. The van der Waals surface area contributed by atoms with E-state index in [0.29, 0.717) is 0 Å². The Morgan fingerprint density at radius 2 is 2.33 bits per heavy atom. The lowest BCUT2D eigenvalue weighted by molar-refractivity contribution is -0.148. The predicted molar refractivity (Wildman–Crippen MR) is 47.1 cm³/mol. The minimum absolute atomic E-state index is 0.587. The summed E-state index contributed by atoms with van der Waals surface area (Å²) >= 11 is 0. The van der Waals surface area contributed by atoms with Crippen molar-refractivity contribution in [1.82, 2.24) is 4.90 Å². The van der Waals surface area contributed by atoms with Gasteiger partial charge in [0.2, 0.25) is 0 Å². The third kappa shape index (κ3) is 1.46. The van der Waals surface area contributed by atoms with Gasteiger partial charge in [-0.15, -0.1) is 0 Å². The molecule has 3 nitrogen and oxygen atoms in total.